The lowest BCUT2D eigenvalue weighted by atomic mass is 10.2. The molecule has 0 spiro atoms. The molecule has 0 amide bonds. The lowest BCUT2D eigenvalue weighted by Gasteiger charge is -2.13. The van der Waals surface area contributed by atoms with Gasteiger partial charge in [-0.05, 0) is 12.8 Å². The number of aromatic nitrogens is 4. The second-order valence-corrected chi connectivity index (χ2v) is 4.17. The quantitative estimate of drug-likeness (QED) is 0.630. The molecule has 0 radical (unpaired) electrons. The first-order valence-electron chi connectivity index (χ1n) is 6.11. The van der Waals surface area contributed by atoms with E-state index >= 15 is 0 Å². The molecule has 3 heterocycles. The van der Waals surface area contributed by atoms with Gasteiger partial charge in [-0.1, -0.05) is 0 Å². The van der Waals surface area contributed by atoms with Crippen molar-refractivity contribution in [2.75, 3.05) is 12.3 Å². The highest BCUT2D eigenvalue weighted by atomic mass is 19.1. The highest BCUT2D eigenvalue weighted by Crippen LogP contribution is 2.30. The number of rotatable bonds is 2. The second kappa shape index (κ2) is 5.93. The Bertz CT molecular complexity index is 603. The topological polar surface area (TPSA) is 99.1 Å². The predicted molar refractivity (Wildman–Crippen MR) is 71.2 cm³/mol. The van der Waals surface area contributed by atoms with Crippen LogP contribution in [0.25, 0.3) is 11.2 Å². The van der Waals surface area contributed by atoms with Crippen LogP contribution in [0.2, 0.25) is 0 Å². The number of hydrogen-bond donors (Lipinski definition) is 2. The van der Waals surface area contributed by atoms with E-state index in [-0.39, 0.29) is 24.8 Å². The molecule has 3 rings (SSSR count). The Morgan fingerprint density at radius 1 is 1.45 bits per heavy atom. The zero-order valence-corrected chi connectivity index (χ0v) is 10.9. The minimum atomic E-state index is -0.890. The van der Waals surface area contributed by atoms with E-state index in [1.165, 1.54) is 6.33 Å². The summed E-state index contributed by atoms with van der Waals surface area (Å²) in [7, 11) is 0. The molecule has 8 heteroatoms. The van der Waals surface area contributed by atoms with Gasteiger partial charge in [0, 0.05) is 0 Å². The van der Waals surface area contributed by atoms with Gasteiger partial charge >= 0.3 is 6.08 Å². The maximum absolute atomic E-state index is 13.2. The van der Waals surface area contributed by atoms with Crippen molar-refractivity contribution in [3.63, 3.8) is 0 Å². The first-order chi connectivity index (χ1) is 9.69. The summed E-state index contributed by atoms with van der Waals surface area (Å²) >= 11 is 0. The van der Waals surface area contributed by atoms with E-state index in [1.807, 2.05) is 0 Å². The van der Waals surface area contributed by atoms with Gasteiger partial charge in [0.1, 0.15) is 6.23 Å². The van der Waals surface area contributed by atoms with Crippen molar-refractivity contribution in [1.29, 1.82) is 0 Å². The molecule has 1 aliphatic heterocycles. The summed E-state index contributed by atoms with van der Waals surface area (Å²) in [4.78, 5) is 11.2. The number of nitrogens with two attached hydrogens (primary N) is 1. The number of ether oxygens (including phenoxy) is 1. The van der Waals surface area contributed by atoms with Crippen LogP contribution in [0.5, 0.6) is 0 Å². The molecular formula is C12H16FN5O2. The molecule has 2 aromatic heterocycles. The van der Waals surface area contributed by atoms with Crippen molar-refractivity contribution >= 4 is 17.0 Å². The van der Waals surface area contributed by atoms with Gasteiger partial charge in [-0.2, -0.15) is 14.4 Å². The third-order valence-electron chi connectivity index (χ3n) is 3.02. The van der Waals surface area contributed by atoms with E-state index in [0.717, 1.165) is 6.42 Å². The van der Waals surface area contributed by atoms with Crippen molar-refractivity contribution in [3.05, 3.63) is 25.6 Å². The molecule has 2 atom stereocenters. The first kappa shape index (κ1) is 14.4. The maximum atomic E-state index is 13.2. The number of nitrogens with zero attached hydrogens (tertiary/aromatic N) is 4. The van der Waals surface area contributed by atoms with Crippen molar-refractivity contribution in [2.45, 2.75) is 25.2 Å². The molecule has 20 heavy (non-hydrogen) atoms. The predicted octanol–water partition coefficient (Wildman–Crippen LogP) is 1.02. The fourth-order valence-corrected chi connectivity index (χ4v) is 2.15. The molecule has 0 aromatic carbocycles. The molecule has 7 nitrogen and oxygen atoms in total. The Morgan fingerprint density at radius 2 is 2.20 bits per heavy atom. The number of nitrogen functional groups attached to an aromatic ring is 1. The van der Waals surface area contributed by atoms with E-state index in [4.69, 9.17) is 15.6 Å². The summed E-state index contributed by atoms with van der Waals surface area (Å²) in [5.41, 5.74) is 6.24. The molecular weight excluding hydrogens is 265 g/mol. The van der Waals surface area contributed by atoms with Gasteiger partial charge in [0.2, 0.25) is 0 Å². The Labute approximate surface area is 114 Å². The van der Waals surface area contributed by atoms with Crippen LogP contribution in [-0.2, 0) is 4.74 Å². The average Bonchev–Trinajstić information content (AvgIpc) is 3.06. The normalized spacial score (nSPS) is 21.7. The van der Waals surface area contributed by atoms with Gasteiger partial charge in [0.25, 0.3) is 0 Å². The van der Waals surface area contributed by atoms with Crippen molar-refractivity contribution < 1.29 is 14.2 Å². The van der Waals surface area contributed by atoms with Crippen LogP contribution in [-0.4, -0.2) is 37.3 Å². The van der Waals surface area contributed by atoms with Crippen LogP contribution in [0, 0.1) is 6.08 Å². The largest absolute Gasteiger partial charge is 0.394 e. The number of fused-ring (bicyclic) bond motifs is 1. The van der Waals surface area contributed by atoms with Crippen molar-refractivity contribution in [3.8, 4) is 0 Å². The molecule has 0 saturated carbocycles. The highest BCUT2D eigenvalue weighted by Gasteiger charge is 2.27. The summed E-state index contributed by atoms with van der Waals surface area (Å²) in [5.74, 6) is 0.00737. The first-order valence-corrected chi connectivity index (χ1v) is 6.11. The molecule has 0 aliphatic carbocycles. The molecule has 0 bridgehead atoms. The Kier molecular flexibility index (Phi) is 4.26. The lowest BCUT2D eigenvalue weighted by molar-refractivity contribution is -0.0207. The average molecular weight is 281 g/mol. The minimum absolute atomic E-state index is 0.00737. The fourth-order valence-electron chi connectivity index (χ4n) is 2.15. The van der Waals surface area contributed by atoms with Gasteiger partial charge in [0.15, 0.2) is 17.0 Å². The smallest absolute Gasteiger partial charge is 0.312 e. The van der Waals surface area contributed by atoms with Gasteiger partial charge in [-0.3, -0.25) is 4.57 Å². The fraction of sp³-hybridized carbons (Fsp3) is 0.417. The summed E-state index contributed by atoms with van der Waals surface area (Å²) in [5, 5.41) is 9.03. The number of aliphatic hydroxyl groups is 1. The van der Waals surface area contributed by atoms with E-state index in [2.05, 4.69) is 28.1 Å². The molecule has 2 aromatic rings. The van der Waals surface area contributed by atoms with E-state index in [0.29, 0.717) is 17.6 Å². The number of aliphatic hydroxyl groups excluding tert-OH is 1. The number of imidazole rings is 1. The van der Waals surface area contributed by atoms with Crippen LogP contribution in [0.1, 0.15) is 19.1 Å². The maximum Gasteiger partial charge on any atom is 0.312 e. The van der Waals surface area contributed by atoms with Crippen LogP contribution in [0.15, 0.2) is 19.5 Å². The van der Waals surface area contributed by atoms with Gasteiger partial charge in [0.05, 0.1) is 19.0 Å². The SMILES string of the molecule is C=C.Nc1nc(F)nc2c1ncn2C1CCC(CO)O1. The van der Waals surface area contributed by atoms with Crippen LogP contribution in [0.3, 0.4) is 0 Å². The van der Waals surface area contributed by atoms with Crippen LogP contribution >= 0.6 is 0 Å². The molecule has 108 valence electrons. The standard InChI is InChI=1S/C10H12FN5O2.C2H4/c11-10-14-8(12)7-9(15-10)16(4-13-7)6-2-1-5(3-17)18-6;1-2/h4-6,17H,1-3H2,(H2,12,14,15);1-2H2. The van der Waals surface area contributed by atoms with E-state index in [1.54, 1.807) is 4.57 Å². The summed E-state index contributed by atoms with van der Waals surface area (Å²) in [6.45, 7) is 5.97. The number of halogens is 1. The molecule has 1 fully saturated rings. The van der Waals surface area contributed by atoms with Crippen molar-refractivity contribution in [2.24, 2.45) is 0 Å². The third-order valence-corrected chi connectivity index (χ3v) is 3.02. The zero-order chi connectivity index (χ0) is 14.7. The monoisotopic (exact) mass is 281 g/mol. The Balaban J connectivity index is 0.000000704. The van der Waals surface area contributed by atoms with Crippen molar-refractivity contribution in [1.82, 2.24) is 19.5 Å². The minimum Gasteiger partial charge on any atom is -0.394 e. The zero-order valence-electron chi connectivity index (χ0n) is 10.9. The Morgan fingerprint density at radius 3 is 2.85 bits per heavy atom. The third kappa shape index (κ3) is 2.47. The van der Waals surface area contributed by atoms with Crippen LogP contribution in [0.4, 0.5) is 10.2 Å². The number of hydrogen-bond acceptors (Lipinski definition) is 6. The van der Waals surface area contributed by atoms with Gasteiger partial charge < -0.3 is 15.6 Å². The summed E-state index contributed by atoms with van der Waals surface area (Å²) in [6, 6.07) is 0. The van der Waals surface area contributed by atoms with E-state index in [9.17, 15) is 4.39 Å². The highest BCUT2D eigenvalue weighted by molar-refractivity contribution is 5.81. The molecule has 1 saturated heterocycles. The molecule has 1 aliphatic rings. The number of anilines is 1. The van der Waals surface area contributed by atoms with Gasteiger partial charge in [-0.25, -0.2) is 4.98 Å². The Hall–Kier alpha value is -2.06. The molecule has 3 N–H and O–H groups in total. The molecule has 2 unspecified atom stereocenters. The van der Waals surface area contributed by atoms with E-state index < -0.39 is 6.08 Å². The lowest BCUT2D eigenvalue weighted by Crippen LogP contribution is -2.14. The second-order valence-electron chi connectivity index (χ2n) is 4.17. The summed E-state index contributed by atoms with van der Waals surface area (Å²) < 4.78 is 20.4. The van der Waals surface area contributed by atoms with Gasteiger partial charge in [-0.15, -0.1) is 13.2 Å². The van der Waals surface area contributed by atoms with Crippen LogP contribution < -0.4 is 5.73 Å². The summed E-state index contributed by atoms with van der Waals surface area (Å²) in [6.07, 6.45) is 1.56.